The van der Waals surface area contributed by atoms with Gasteiger partial charge in [0, 0.05) is 5.69 Å². The molecule has 8 heteroatoms. The zero-order chi connectivity index (χ0) is 20.0. The zero-order valence-corrected chi connectivity index (χ0v) is 14.7. The predicted molar refractivity (Wildman–Crippen MR) is 92.3 cm³/mol. The van der Waals surface area contributed by atoms with Gasteiger partial charge >= 0.3 is 12.1 Å². The number of aryl methyl sites for hydroxylation is 1. The maximum absolute atomic E-state index is 12.7. The molecular formula is C19H18F3NO4. The number of alkyl halides is 3. The van der Waals surface area contributed by atoms with Crippen molar-refractivity contribution in [2.45, 2.75) is 26.1 Å². The molecule has 0 aliphatic rings. The molecule has 0 aliphatic carbocycles. The largest absolute Gasteiger partial charge is 0.482 e. The molecule has 0 spiro atoms. The van der Waals surface area contributed by atoms with Crippen LogP contribution in [-0.2, 0) is 20.5 Å². The minimum atomic E-state index is -4.52. The standard InChI is InChI=1S/C19H18F3NO4/c1-12-6-3-4-9-16(12)26-11-17(24)27-13(2)18(25)23-15-8-5-7-14(10-15)19(20,21)22/h3-10,13H,11H2,1-2H3,(H,23,25)/t13-/m1/s1. The highest BCUT2D eigenvalue weighted by molar-refractivity contribution is 5.95. The molecular weight excluding hydrogens is 363 g/mol. The average Bonchev–Trinajstić information content (AvgIpc) is 2.60. The van der Waals surface area contributed by atoms with Gasteiger partial charge in [-0.2, -0.15) is 13.2 Å². The quantitative estimate of drug-likeness (QED) is 0.770. The highest BCUT2D eigenvalue weighted by atomic mass is 19.4. The fourth-order valence-corrected chi connectivity index (χ4v) is 2.16. The number of amides is 1. The fraction of sp³-hybridized carbons (Fsp3) is 0.263. The summed E-state index contributed by atoms with van der Waals surface area (Å²) in [4.78, 5) is 23.8. The summed E-state index contributed by atoms with van der Waals surface area (Å²) in [6, 6.07) is 11.2. The van der Waals surface area contributed by atoms with Gasteiger partial charge < -0.3 is 14.8 Å². The van der Waals surface area contributed by atoms with Crippen LogP contribution in [0.4, 0.5) is 18.9 Å². The van der Waals surface area contributed by atoms with Crippen molar-refractivity contribution in [2.24, 2.45) is 0 Å². The summed E-state index contributed by atoms with van der Waals surface area (Å²) in [5.74, 6) is -1.01. The number of benzene rings is 2. The van der Waals surface area contributed by atoms with E-state index < -0.39 is 36.3 Å². The predicted octanol–water partition coefficient (Wildman–Crippen LogP) is 3.96. The topological polar surface area (TPSA) is 64.6 Å². The Kier molecular flexibility index (Phi) is 6.44. The molecule has 1 amide bonds. The first-order chi connectivity index (χ1) is 12.7. The van der Waals surface area contributed by atoms with Crippen molar-refractivity contribution < 1.29 is 32.2 Å². The lowest BCUT2D eigenvalue weighted by atomic mass is 10.2. The fourth-order valence-electron chi connectivity index (χ4n) is 2.16. The third kappa shape index (κ3) is 6.02. The summed E-state index contributed by atoms with van der Waals surface area (Å²) < 4.78 is 48.3. The molecule has 0 bridgehead atoms. The number of halogens is 3. The Balaban J connectivity index is 1.88. The van der Waals surface area contributed by atoms with Crippen LogP contribution in [0.1, 0.15) is 18.1 Å². The van der Waals surface area contributed by atoms with Gasteiger partial charge in [0.05, 0.1) is 5.56 Å². The highest BCUT2D eigenvalue weighted by Crippen LogP contribution is 2.30. The van der Waals surface area contributed by atoms with Crippen LogP contribution in [0, 0.1) is 6.92 Å². The summed E-state index contributed by atoms with van der Waals surface area (Å²) in [5.41, 5.74) is -0.105. The van der Waals surface area contributed by atoms with Crippen molar-refractivity contribution in [3.63, 3.8) is 0 Å². The molecule has 144 valence electrons. The maximum atomic E-state index is 12.7. The number of ether oxygens (including phenoxy) is 2. The maximum Gasteiger partial charge on any atom is 0.416 e. The number of hydrogen-bond acceptors (Lipinski definition) is 4. The van der Waals surface area contributed by atoms with Crippen LogP contribution < -0.4 is 10.1 Å². The molecule has 1 atom stereocenters. The molecule has 2 rings (SSSR count). The smallest absolute Gasteiger partial charge is 0.416 e. The van der Waals surface area contributed by atoms with Gasteiger partial charge in [-0.25, -0.2) is 4.79 Å². The second-order valence-corrected chi connectivity index (χ2v) is 5.75. The Labute approximate surface area is 154 Å². The van der Waals surface area contributed by atoms with Crippen LogP contribution in [0.5, 0.6) is 5.75 Å². The molecule has 0 aromatic heterocycles. The van der Waals surface area contributed by atoms with E-state index in [0.29, 0.717) is 5.75 Å². The van der Waals surface area contributed by atoms with Crippen molar-refractivity contribution in [3.05, 3.63) is 59.7 Å². The lowest BCUT2D eigenvalue weighted by Gasteiger charge is -2.15. The minimum Gasteiger partial charge on any atom is -0.482 e. The number of rotatable bonds is 6. The zero-order valence-electron chi connectivity index (χ0n) is 14.7. The number of para-hydroxylation sites is 1. The molecule has 1 N–H and O–H groups in total. The highest BCUT2D eigenvalue weighted by Gasteiger charge is 2.30. The molecule has 0 radical (unpaired) electrons. The molecule has 0 saturated heterocycles. The Morgan fingerprint density at radius 3 is 2.48 bits per heavy atom. The van der Waals surface area contributed by atoms with Gasteiger partial charge in [-0.1, -0.05) is 24.3 Å². The summed E-state index contributed by atoms with van der Waals surface area (Å²) in [6.45, 7) is 2.73. The first-order valence-electron chi connectivity index (χ1n) is 8.03. The van der Waals surface area contributed by atoms with E-state index in [4.69, 9.17) is 9.47 Å². The van der Waals surface area contributed by atoms with Crippen LogP contribution in [0.15, 0.2) is 48.5 Å². The van der Waals surface area contributed by atoms with Crippen LogP contribution in [0.3, 0.4) is 0 Å². The van der Waals surface area contributed by atoms with Gasteiger partial charge in [-0.05, 0) is 43.7 Å². The van der Waals surface area contributed by atoms with E-state index in [-0.39, 0.29) is 5.69 Å². The van der Waals surface area contributed by atoms with Gasteiger partial charge in [-0.3, -0.25) is 4.79 Å². The van der Waals surface area contributed by atoms with Gasteiger partial charge in [0.1, 0.15) is 5.75 Å². The van der Waals surface area contributed by atoms with E-state index in [1.807, 2.05) is 19.1 Å². The first kappa shape index (κ1) is 20.3. The lowest BCUT2D eigenvalue weighted by Crippen LogP contribution is -2.31. The van der Waals surface area contributed by atoms with Crippen LogP contribution in [0.2, 0.25) is 0 Å². The van der Waals surface area contributed by atoms with Crippen LogP contribution in [-0.4, -0.2) is 24.6 Å². The SMILES string of the molecule is Cc1ccccc1OCC(=O)O[C@H](C)C(=O)Nc1cccc(C(F)(F)F)c1. The van der Waals surface area contributed by atoms with Crippen molar-refractivity contribution in [1.29, 1.82) is 0 Å². The summed E-state index contributed by atoms with van der Waals surface area (Å²) in [7, 11) is 0. The Bertz CT molecular complexity index is 821. The molecule has 0 fully saturated rings. The van der Waals surface area contributed by atoms with E-state index >= 15 is 0 Å². The molecule has 0 heterocycles. The third-order valence-electron chi connectivity index (χ3n) is 3.57. The molecule has 2 aromatic rings. The Morgan fingerprint density at radius 1 is 1.11 bits per heavy atom. The molecule has 5 nitrogen and oxygen atoms in total. The first-order valence-corrected chi connectivity index (χ1v) is 8.03. The van der Waals surface area contributed by atoms with E-state index in [0.717, 1.165) is 17.7 Å². The summed E-state index contributed by atoms with van der Waals surface area (Å²) >= 11 is 0. The minimum absolute atomic E-state index is 0.0473. The number of carbonyl (C=O) groups excluding carboxylic acids is 2. The van der Waals surface area contributed by atoms with Gasteiger partial charge in [0.25, 0.3) is 5.91 Å². The number of esters is 1. The van der Waals surface area contributed by atoms with Crippen LogP contribution >= 0.6 is 0 Å². The molecule has 2 aromatic carbocycles. The van der Waals surface area contributed by atoms with E-state index in [1.54, 1.807) is 12.1 Å². The normalized spacial score (nSPS) is 12.2. The van der Waals surface area contributed by atoms with Gasteiger partial charge in [0.15, 0.2) is 12.7 Å². The van der Waals surface area contributed by atoms with E-state index in [9.17, 15) is 22.8 Å². The van der Waals surface area contributed by atoms with Crippen molar-refractivity contribution >= 4 is 17.6 Å². The number of anilines is 1. The monoisotopic (exact) mass is 381 g/mol. The number of carbonyl (C=O) groups is 2. The summed E-state index contributed by atoms with van der Waals surface area (Å²) in [6.07, 6.45) is -5.72. The molecule has 0 saturated carbocycles. The lowest BCUT2D eigenvalue weighted by molar-refractivity contribution is -0.155. The summed E-state index contributed by atoms with van der Waals surface area (Å²) in [5, 5.41) is 2.29. The van der Waals surface area contributed by atoms with Crippen molar-refractivity contribution in [3.8, 4) is 5.75 Å². The van der Waals surface area contributed by atoms with E-state index in [1.165, 1.54) is 19.1 Å². The second-order valence-electron chi connectivity index (χ2n) is 5.75. The second kappa shape index (κ2) is 8.57. The van der Waals surface area contributed by atoms with Gasteiger partial charge in [-0.15, -0.1) is 0 Å². The van der Waals surface area contributed by atoms with Crippen molar-refractivity contribution in [2.75, 3.05) is 11.9 Å². The van der Waals surface area contributed by atoms with E-state index in [2.05, 4.69) is 5.32 Å². The number of nitrogens with one attached hydrogen (secondary N) is 1. The average molecular weight is 381 g/mol. The van der Waals surface area contributed by atoms with Crippen LogP contribution in [0.25, 0.3) is 0 Å². The Morgan fingerprint density at radius 2 is 1.81 bits per heavy atom. The molecule has 0 unspecified atom stereocenters. The molecule has 0 aliphatic heterocycles. The number of hydrogen-bond donors (Lipinski definition) is 1. The Hall–Kier alpha value is -3.03. The third-order valence-corrected chi connectivity index (χ3v) is 3.57. The van der Waals surface area contributed by atoms with Crippen molar-refractivity contribution in [1.82, 2.24) is 0 Å². The van der Waals surface area contributed by atoms with Gasteiger partial charge in [0.2, 0.25) is 0 Å². The molecule has 27 heavy (non-hydrogen) atoms.